The number of Topliss-reactive ketones (excluding diaryl/α,β-unsaturated/α-hetero) is 1. The van der Waals surface area contributed by atoms with E-state index in [-0.39, 0.29) is 28.2 Å². The van der Waals surface area contributed by atoms with Crippen LogP contribution in [0.4, 0.5) is 8.78 Å². The maximum atomic E-state index is 13.6. The molecule has 1 aromatic rings. The van der Waals surface area contributed by atoms with Gasteiger partial charge in [0.25, 0.3) is 0 Å². The summed E-state index contributed by atoms with van der Waals surface area (Å²) in [6.45, 7) is 1.21. The maximum absolute atomic E-state index is 13.6. The zero-order valence-electron chi connectivity index (χ0n) is 8.40. The average molecular weight is 290 g/mol. The average Bonchev–Trinajstić information content (AvgIpc) is 2.16. The van der Waals surface area contributed by atoms with Crippen LogP contribution in [0.25, 0.3) is 0 Å². The maximum Gasteiger partial charge on any atom is 0.143 e. The molecule has 0 unspecified atom stereocenters. The third-order valence-electron chi connectivity index (χ3n) is 2.73. The molecule has 0 bridgehead atoms. The summed E-state index contributed by atoms with van der Waals surface area (Å²) in [5.41, 5.74) is -0.147. The molecule has 1 fully saturated rings. The monoisotopic (exact) mass is 289 g/mol. The van der Waals surface area contributed by atoms with E-state index in [1.807, 2.05) is 0 Å². The van der Waals surface area contributed by atoms with Crippen molar-refractivity contribution in [1.29, 1.82) is 0 Å². The topological polar surface area (TPSA) is 29.1 Å². The summed E-state index contributed by atoms with van der Waals surface area (Å²) >= 11 is 2.97. The van der Waals surface area contributed by atoms with Crippen LogP contribution in [0.3, 0.4) is 0 Å². The van der Waals surface area contributed by atoms with Gasteiger partial charge < -0.3 is 5.32 Å². The molecule has 0 aromatic heterocycles. The van der Waals surface area contributed by atoms with Gasteiger partial charge in [0.2, 0.25) is 0 Å². The van der Waals surface area contributed by atoms with Gasteiger partial charge in [0.05, 0.1) is 4.47 Å². The highest BCUT2D eigenvalue weighted by Gasteiger charge is 2.26. The highest BCUT2D eigenvalue weighted by atomic mass is 79.9. The molecule has 1 aliphatic rings. The van der Waals surface area contributed by atoms with E-state index in [2.05, 4.69) is 21.2 Å². The smallest absolute Gasteiger partial charge is 0.143 e. The van der Waals surface area contributed by atoms with Gasteiger partial charge in [-0.05, 0) is 28.1 Å². The van der Waals surface area contributed by atoms with Crippen molar-refractivity contribution >= 4 is 21.7 Å². The van der Waals surface area contributed by atoms with E-state index in [9.17, 15) is 13.6 Å². The second-order valence-corrected chi connectivity index (χ2v) is 4.67. The van der Waals surface area contributed by atoms with Crippen molar-refractivity contribution in [2.75, 3.05) is 13.1 Å². The predicted molar refractivity (Wildman–Crippen MR) is 59.1 cm³/mol. The molecular weight excluding hydrogens is 280 g/mol. The molecule has 1 aliphatic heterocycles. The first kappa shape index (κ1) is 11.7. The molecule has 0 amide bonds. The van der Waals surface area contributed by atoms with Crippen molar-refractivity contribution in [2.24, 2.45) is 5.92 Å². The lowest BCUT2D eigenvalue weighted by molar-refractivity contribution is -0.123. The molecule has 0 radical (unpaired) electrons. The fourth-order valence-electron chi connectivity index (χ4n) is 1.57. The summed E-state index contributed by atoms with van der Waals surface area (Å²) in [6.07, 6.45) is -0.177. The molecule has 1 aromatic carbocycles. The molecule has 1 heterocycles. The lowest BCUT2D eigenvalue weighted by atomic mass is 9.93. The number of hydrogen-bond donors (Lipinski definition) is 1. The minimum atomic E-state index is -0.680. The Labute approximate surface area is 100 Å². The van der Waals surface area contributed by atoms with Crippen LogP contribution in [-0.4, -0.2) is 18.9 Å². The first-order chi connectivity index (χ1) is 7.59. The molecule has 2 rings (SSSR count). The van der Waals surface area contributed by atoms with Crippen LogP contribution in [0.2, 0.25) is 0 Å². The summed E-state index contributed by atoms with van der Waals surface area (Å²) in [6, 6.07) is 2.46. The largest absolute Gasteiger partial charge is 0.315 e. The Hall–Kier alpha value is -0.810. The Balaban J connectivity index is 2.19. The van der Waals surface area contributed by atoms with E-state index < -0.39 is 11.6 Å². The first-order valence-electron chi connectivity index (χ1n) is 4.95. The van der Waals surface area contributed by atoms with Crippen molar-refractivity contribution in [1.82, 2.24) is 5.32 Å². The van der Waals surface area contributed by atoms with Crippen molar-refractivity contribution in [3.63, 3.8) is 0 Å². The quantitative estimate of drug-likeness (QED) is 0.863. The van der Waals surface area contributed by atoms with E-state index >= 15 is 0 Å². The summed E-state index contributed by atoms with van der Waals surface area (Å²) in [5.74, 6) is -1.56. The first-order valence-corrected chi connectivity index (χ1v) is 5.74. The van der Waals surface area contributed by atoms with Gasteiger partial charge in [0.1, 0.15) is 17.4 Å². The Kier molecular flexibility index (Phi) is 3.35. The second-order valence-electron chi connectivity index (χ2n) is 3.82. The minimum Gasteiger partial charge on any atom is -0.315 e. The highest BCUT2D eigenvalue weighted by Crippen LogP contribution is 2.23. The molecule has 86 valence electrons. The van der Waals surface area contributed by atoms with E-state index in [0.717, 1.165) is 6.07 Å². The molecule has 5 heteroatoms. The molecule has 16 heavy (non-hydrogen) atoms. The van der Waals surface area contributed by atoms with Gasteiger partial charge >= 0.3 is 0 Å². The van der Waals surface area contributed by atoms with Crippen LogP contribution in [0.1, 0.15) is 5.56 Å². The van der Waals surface area contributed by atoms with Crippen LogP contribution in [0.5, 0.6) is 0 Å². The van der Waals surface area contributed by atoms with Crippen molar-refractivity contribution in [3.8, 4) is 0 Å². The standard InChI is InChI=1S/C11H10BrF2NO/c12-8-1-2-9(13)7(11(8)14)3-10(16)6-4-15-5-6/h1-2,6,15H,3-5H2. The third-order valence-corrected chi connectivity index (χ3v) is 3.34. The van der Waals surface area contributed by atoms with Gasteiger partial charge in [-0.15, -0.1) is 0 Å². The van der Waals surface area contributed by atoms with Gasteiger partial charge in [0, 0.05) is 31.0 Å². The van der Waals surface area contributed by atoms with Gasteiger partial charge in [-0.3, -0.25) is 4.79 Å². The number of carbonyl (C=O) groups excluding carboxylic acids is 1. The van der Waals surface area contributed by atoms with Gasteiger partial charge in [-0.1, -0.05) is 0 Å². The van der Waals surface area contributed by atoms with Crippen LogP contribution in [-0.2, 0) is 11.2 Å². The number of hydrogen-bond acceptors (Lipinski definition) is 2. The molecular formula is C11H10BrF2NO. The molecule has 1 saturated heterocycles. The zero-order valence-corrected chi connectivity index (χ0v) is 9.98. The van der Waals surface area contributed by atoms with Crippen LogP contribution in [0, 0.1) is 17.6 Å². The normalized spacial score (nSPS) is 15.9. The molecule has 0 atom stereocenters. The van der Waals surface area contributed by atoms with Crippen molar-refractivity contribution < 1.29 is 13.6 Å². The number of halogens is 3. The Morgan fingerprint density at radius 3 is 2.69 bits per heavy atom. The molecule has 0 saturated carbocycles. The molecule has 2 nitrogen and oxygen atoms in total. The number of nitrogens with one attached hydrogen (secondary N) is 1. The van der Waals surface area contributed by atoms with E-state index in [4.69, 9.17) is 0 Å². The Morgan fingerprint density at radius 1 is 1.44 bits per heavy atom. The van der Waals surface area contributed by atoms with Crippen LogP contribution < -0.4 is 5.32 Å². The van der Waals surface area contributed by atoms with Crippen molar-refractivity contribution in [3.05, 3.63) is 33.8 Å². The van der Waals surface area contributed by atoms with Gasteiger partial charge in [-0.2, -0.15) is 0 Å². The fourth-order valence-corrected chi connectivity index (χ4v) is 1.94. The van der Waals surface area contributed by atoms with Crippen LogP contribution >= 0.6 is 15.9 Å². The van der Waals surface area contributed by atoms with Gasteiger partial charge in [0.15, 0.2) is 0 Å². The second kappa shape index (κ2) is 4.59. The van der Waals surface area contributed by atoms with E-state index in [1.165, 1.54) is 6.07 Å². The molecule has 0 spiro atoms. The summed E-state index contributed by atoms with van der Waals surface area (Å²) in [5, 5.41) is 2.95. The lowest BCUT2D eigenvalue weighted by Gasteiger charge is -2.25. The summed E-state index contributed by atoms with van der Waals surface area (Å²) < 4.78 is 27.1. The number of ketones is 1. The zero-order chi connectivity index (χ0) is 11.7. The van der Waals surface area contributed by atoms with Crippen molar-refractivity contribution in [2.45, 2.75) is 6.42 Å². The SMILES string of the molecule is O=C(Cc1c(F)ccc(Br)c1F)C1CNC1. The van der Waals surface area contributed by atoms with Crippen LogP contribution in [0.15, 0.2) is 16.6 Å². The number of rotatable bonds is 3. The number of benzene rings is 1. The Bertz CT molecular complexity index is 432. The predicted octanol–water partition coefficient (Wildman–Crippen LogP) is 2.06. The van der Waals surface area contributed by atoms with E-state index in [0.29, 0.717) is 13.1 Å². The highest BCUT2D eigenvalue weighted by molar-refractivity contribution is 9.10. The molecule has 0 aliphatic carbocycles. The summed E-state index contributed by atoms with van der Waals surface area (Å²) in [7, 11) is 0. The Morgan fingerprint density at radius 2 is 2.12 bits per heavy atom. The summed E-state index contributed by atoms with van der Waals surface area (Å²) in [4.78, 5) is 11.6. The minimum absolute atomic E-state index is 0.0993. The fraction of sp³-hybridized carbons (Fsp3) is 0.364. The number of carbonyl (C=O) groups is 1. The molecule has 1 N–H and O–H groups in total. The third kappa shape index (κ3) is 2.15. The van der Waals surface area contributed by atoms with E-state index in [1.54, 1.807) is 0 Å². The lowest BCUT2D eigenvalue weighted by Crippen LogP contribution is -2.47. The van der Waals surface area contributed by atoms with Gasteiger partial charge in [-0.25, -0.2) is 8.78 Å².